The van der Waals surface area contributed by atoms with Crippen LogP contribution in [0.5, 0.6) is 5.88 Å². The molecule has 2 aromatic heterocycles. The van der Waals surface area contributed by atoms with Gasteiger partial charge >= 0.3 is 0 Å². The minimum absolute atomic E-state index is 0.108. The van der Waals surface area contributed by atoms with E-state index in [4.69, 9.17) is 5.11 Å². The number of hydrogen-bond acceptors (Lipinski definition) is 4. The van der Waals surface area contributed by atoms with Crippen LogP contribution in [0.15, 0.2) is 17.1 Å². The van der Waals surface area contributed by atoms with Gasteiger partial charge < -0.3 is 15.2 Å². The van der Waals surface area contributed by atoms with Crippen molar-refractivity contribution < 1.29 is 10.2 Å². The summed E-state index contributed by atoms with van der Waals surface area (Å²) >= 11 is 0. The molecular weight excluding hydrogens is 186 g/mol. The average molecular weight is 195 g/mol. The van der Waals surface area contributed by atoms with Gasteiger partial charge in [-0.1, -0.05) is 0 Å². The van der Waals surface area contributed by atoms with Crippen molar-refractivity contribution in [3.63, 3.8) is 0 Å². The molecule has 2 aromatic rings. The molecule has 2 rings (SSSR count). The van der Waals surface area contributed by atoms with Crippen molar-refractivity contribution in [1.82, 2.24) is 14.6 Å². The lowest BCUT2D eigenvalue weighted by atomic mass is 10.2. The van der Waals surface area contributed by atoms with Gasteiger partial charge in [-0.15, -0.1) is 0 Å². The Labute approximate surface area is 78.4 Å². The molecule has 2 heterocycles. The molecule has 0 radical (unpaired) electrons. The van der Waals surface area contributed by atoms with Crippen LogP contribution in [0, 0.1) is 0 Å². The van der Waals surface area contributed by atoms with Crippen LogP contribution < -0.4 is 5.56 Å². The Morgan fingerprint density at radius 2 is 2.36 bits per heavy atom. The van der Waals surface area contributed by atoms with Gasteiger partial charge in [-0.05, 0) is 0 Å². The van der Waals surface area contributed by atoms with Crippen LogP contribution >= 0.6 is 0 Å². The number of aromatic nitrogens is 3. The Hall–Kier alpha value is -1.82. The van der Waals surface area contributed by atoms with Gasteiger partial charge in [0.2, 0.25) is 5.88 Å². The number of fused-ring (bicyclic) bond motifs is 1. The van der Waals surface area contributed by atoms with E-state index in [0.717, 1.165) is 0 Å². The molecule has 6 heteroatoms. The second kappa shape index (κ2) is 3.15. The highest BCUT2D eigenvalue weighted by Gasteiger charge is 2.11. The first-order chi connectivity index (χ1) is 6.74. The molecule has 0 spiro atoms. The summed E-state index contributed by atoms with van der Waals surface area (Å²) in [6.07, 6.45) is 1.57. The van der Waals surface area contributed by atoms with Gasteiger partial charge in [-0.2, -0.15) is 9.61 Å². The summed E-state index contributed by atoms with van der Waals surface area (Å²) in [6, 6.07) is 1.57. The van der Waals surface area contributed by atoms with Gasteiger partial charge in [-0.3, -0.25) is 4.79 Å². The lowest BCUT2D eigenvalue weighted by molar-refractivity contribution is 0.295. The van der Waals surface area contributed by atoms with Crippen molar-refractivity contribution in [2.24, 2.45) is 0 Å². The van der Waals surface area contributed by atoms with E-state index in [2.05, 4.69) is 10.1 Å². The SMILES string of the molecule is O=c1[nH]c2ccnn2c(O)c1CCO. The Kier molecular flexibility index (Phi) is 1.97. The maximum Gasteiger partial charge on any atom is 0.258 e. The zero-order chi connectivity index (χ0) is 10.1. The van der Waals surface area contributed by atoms with Crippen LogP contribution in [0.3, 0.4) is 0 Å². The van der Waals surface area contributed by atoms with E-state index in [-0.39, 0.29) is 24.5 Å². The van der Waals surface area contributed by atoms with Gasteiger partial charge in [0.15, 0.2) is 0 Å². The minimum atomic E-state index is -0.399. The second-order valence-electron chi connectivity index (χ2n) is 2.86. The van der Waals surface area contributed by atoms with Crippen LogP contribution in [-0.4, -0.2) is 31.4 Å². The number of hydrogen-bond donors (Lipinski definition) is 3. The first-order valence-electron chi connectivity index (χ1n) is 4.12. The molecule has 0 amide bonds. The van der Waals surface area contributed by atoms with Gasteiger partial charge in [0.1, 0.15) is 5.65 Å². The molecule has 0 saturated heterocycles. The predicted molar refractivity (Wildman–Crippen MR) is 48.3 cm³/mol. The summed E-state index contributed by atoms with van der Waals surface area (Å²) in [5.74, 6) is -0.220. The fourth-order valence-corrected chi connectivity index (χ4v) is 1.33. The maximum absolute atomic E-state index is 11.4. The van der Waals surface area contributed by atoms with Crippen molar-refractivity contribution in [2.45, 2.75) is 6.42 Å². The van der Waals surface area contributed by atoms with Gasteiger partial charge in [0.05, 0.1) is 11.8 Å². The molecule has 0 aliphatic rings. The largest absolute Gasteiger partial charge is 0.493 e. The predicted octanol–water partition coefficient (Wildman–Crippen LogP) is -0.737. The fourth-order valence-electron chi connectivity index (χ4n) is 1.33. The van der Waals surface area contributed by atoms with Crippen LogP contribution in [0.2, 0.25) is 0 Å². The molecule has 6 nitrogen and oxygen atoms in total. The van der Waals surface area contributed by atoms with E-state index in [0.29, 0.717) is 5.65 Å². The second-order valence-corrected chi connectivity index (χ2v) is 2.86. The van der Waals surface area contributed by atoms with Crippen LogP contribution in [0.25, 0.3) is 5.65 Å². The third-order valence-electron chi connectivity index (χ3n) is 1.99. The van der Waals surface area contributed by atoms with Crippen LogP contribution in [0.4, 0.5) is 0 Å². The van der Waals surface area contributed by atoms with Crippen molar-refractivity contribution >= 4 is 5.65 Å². The Balaban J connectivity index is 2.75. The van der Waals surface area contributed by atoms with E-state index >= 15 is 0 Å². The first kappa shape index (κ1) is 8.76. The highest BCUT2D eigenvalue weighted by atomic mass is 16.3. The lowest BCUT2D eigenvalue weighted by Gasteiger charge is -2.03. The molecule has 0 fully saturated rings. The molecule has 0 saturated carbocycles. The summed E-state index contributed by atoms with van der Waals surface area (Å²) in [6.45, 7) is -0.191. The first-order valence-corrected chi connectivity index (χ1v) is 4.12. The summed E-state index contributed by atoms with van der Waals surface area (Å²) in [7, 11) is 0. The zero-order valence-electron chi connectivity index (χ0n) is 7.27. The van der Waals surface area contributed by atoms with Crippen LogP contribution in [0.1, 0.15) is 5.56 Å². The number of nitrogens with one attached hydrogen (secondary N) is 1. The fraction of sp³-hybridized carbons (Fsp3) is 0.250. The number of aliphatic hydroxyl groups is 1. The number of aromatic amines is 1. The van der Waals surface area contributed by atoms with E-state index in [1.165, 1.54) is 10.7 Å². The summed E-state index contributed by atoms with van der Waals surface area (Å²) in [4.78, 5) is 13.9. The van der Waals surface area contributed by atoms with Gasteiger partial charge in [0.25, 0.3) is 5.56 Å². The third-order valence-corrected chi connectivity index (χ3v) is 1.99. The van der Waals surface area contributed by atoms with Crippen LogP contribution in [-0.2, 0) is 6.42 Å². The molecule has 0 atom stereocenters. The van der Waals surface area contributed by atoms with Crippen molar-refractivity contribution in [3.05, 3.63) is 28.2 Å². The molecular formula is C8H9N3O3. The number of H-pyrrole nitrogens is 1. The van der Waals surface area contributed by atoms with Crippen molar-refractivity contribution in [2.75, 3.05) is 6.61 Å². The normalized spacial score (nSPS) is 10.9. The topological polar surface area (TPSA) is 90.6 Å². The minimum Gasteiger partial charge on any atom is -0.493 e. The number of aromatic hydroxyl groups is 1. The van der Waals surface area contributed by atoms with Crippen molar-refractivity contribution in [3.8, 4) is 5.88 Å². The highest BCUT2D eigenvalue weighted by molar-refractivity contribution is 5.41. The Morgan fingerprint density at radius 3 is 3.07 bits per heavy atom. The molecule has 0 aliphatic heterocycles. The van der Waals surface area contributed by atoms with E-state index in [1.807, 2.05) is 0 Å². The molecule has 0 bridgehead atoms. The number of nitrogens with zero attached hydrogens (tertiary/aromatic N) is 2. The summed E-state index contributed by atoms with van der Waals surface area (Å²) in [5, 5.41) is 22.1. The Bertz CT molecular complexity index is 514. The molecule has 0 aromatic carbocycles. The number of rotatable bonds is 2. The monoisotopic (exact) mass is 195 g/mol. The standard InChI is InChI=1S/C8H9N3O3/c12-4-2-5-7(13)10-6-1-3-9-11(6)8(5)14/h1,3,12,14H,2,4H2,(H,10,13). The van der Waals surface area contributed by atoms with E-state index < -0.39 is 5.56 Å². The maximum atomic E-state index is 11.4. The quantitative estimate of drug-likeness (QED) is 0.588. The highest BCUT2D eigenvalue weighted by Crippen LogP contribution is 2.13. The molecule has 0 unspecified atom stereocenters. The molecule has 3 N–H and O–H groups in total. The summed E-state index contributed by atoms with van der Waals surface area (Å²) in [5.41, 5.74) is 0.169. The van der Waals surface area contributed by atoms with E-state index in [1.54, 1.807) is 6.07 Å². The average Bonchev–Trinajstić information content (AvgIpc) is 2.60. The zero-order valence-corrected chi connectivity index (χ0v) is 7.27. The van der Waals surface area contributed by atoms with Gasteiger partial charge in [0, 0.05) is 19.1 Å². The third kappa shape index (κ3) is 1.16. The lowest BCUT2D eigenvalue weighted by Crippen LogP contribution is -2.16. The molecule has 74 valence electrons. The smallest absolute Gasteiger partial charge is 0.258 e. The number of aliphatic hydroxyl groups excluding tert-OH is 1. The van der Waals surface area contributed by atoms with E-state index in [9.17, 15) is 9.90 Å². The molecule has 0 aliphatic carbocycles. The van der Waals surface area contributed by atoms with Crippen molar-refractivity contribution in [1.29, 1.82) is 0 Å². The Morgan fingerprint density at radius 1 is 1.57 bits per heavy atom. The summed E-state index contributed by atoms with van der Waals surface area (Å²) < 4.78 is 1.21. The molecule has 14 heavy (non-hydrogen) atoms. The van der Waals surface area contributed by atoms with Gasteiger partial charge in [-0.25, -0.2) is 0 Å².